The van der Waals surface area contributed by atoms with Crippen LogP contribution in [0.25, 0.3) is 0 Å². The Balaban J connectivity index is 2.90. The van der Waals surface area contributed by atoms with Gasteiger partial charge in [-0.1, -0.05) is 25.0 Å². The molecule has 0 aliphatic heterocycles. The van der Waals surface area contributed by atoms with E-state index in [-0.39, 0.29) is 13.3 Å². The van der Waals surface area contributed by atoms with Crippen LogP contribution in [0.3, 0.4) is 0 Å². The fourth-order valence-electron chi connectivity index (χ4n) is 1.02. The molecular formula is C10H19FO. The Labute approximate surface area is 74.3 Å². The van der Waals surface area contributed by atoms with Gasteiger partial charge in [-0.15, -0.1) is 0 Å². The Bertz CT molecular complexity index is 102. The van der Waals surface area contributed by atoms with Crippen LogP contribution in [-0.4, -0.2) is 18.4 Å². The number of hydrogen-bond acceptors (Lipinski definition) is 1. The summed E-state index contributed by atoms with van der Waals surface area (Å²) in [5, 5.41) is 8.45. The molecule has 1 nitrogen and oxygen atoms in total. The molecule has 0 amide bonds. The lowest BCUT2D eigenvalue weighted by Crippen LogP contribution is -1.79. The van der Waals surface area contributed by atoms with Gasteiger partial charge in [-0.25, -0.2) is 0 Å². The van der Waals surface area contributed by atoms with Crippen molar-refractivity contribution in [1.82, 2.24) is 0 Å². The first-order valence-electron chi connectivity index (χ1n) is 4.73. The van der Waals surface area contributed by atoms with Crippen molar-refractivity contribution >= 4 is 0 Å². The van der Waals surface area contributed by atoms with Crippen LogP contribution in [0.2, 0.25) is 0 Å². The lowest BCUT2D eigenvalue weighted by molar-refractivity contribution is 0.302. The highest BCUT2D eigenvalue weighted by Gasteiger charge is 1.86. The summed E-state index contributed by atoms with van der Waals surface area (Å²) in [7, 11) is 0. The van der Waals surface area contributed by atoms with E-state index in [4.69, 9.17) is 5.11 Å². The first-order chi connectivity index (χ1) is 5.91. The maximum absolute atomic E-state index is 11.6. The molecule has 2 heteroatoms. The van der Waals surface area contributed by atoms with Crippen LogP contribution in [0.1, 0.15) is 38.5 Å². The van der Waals surface area contributed by atoms with Crippen LogP contribution in [0, 0.1) is 0 Å². The summed E-state index contributed by atoms with van der Waals surface area (Å²) in [5.74, 6) is 0. The molecule has 72 valence electrons. The summed E-state index contributed by atoms with van der Waals surface area (Å²) in [5.41, 5.74) is 0. The molecule has 0 heterocycles. The summed E-state index contributed by atoms with van der Waals surface area (Å²) in [6, 6.07) is 0. The number of rotatable bonds is 8. The first kappa shape index (κ1) is 11.6. The highest BCUT2D eigenvalue weighted by molar-refractivity contribution is 4.80. The molecule has 1 N–H and O–H groups in total. The number of unbranched alkanes of at least 4 members (excludes halogenated alkanes) is 4. The third-order valence-electron chi connectivity index (χ3n) is 1.72. The van der Waals surface area contributed by atoms with Gasteiger partial charge in [0.2, 0.25) is 0 Å². The molecule has 0 aliphatic carbocycles. The average Bonchev–Trinajstić information content (AvgIpc) is 2.10. The SMILES string of the molecule is OCCC=CCCCCCCF. The summed E-state index contributed by atoms with van der Waals surface area (Å²) < 4.78 is 11.6. The molecular weight excluding hydrogens is 155 g/mol. The molecule has 0 bridgehead atoms. The molecule has 0 atom stereocenters. The number of halogens is 1. The Kier molecular flexibility index (Phi) is 10.3. The van der Waals surface area contributed by atoms with Crippen LogP contribution >= 0.6 is 0 Å². The number of aliphatic hydroxyl groups excluding tert-OH is 1. The van der Waals surface area contributed by atoms with Gasteiger partial charge in [0.25, 0.3) is 0 Å². The van der Waals surface area contributed by atoms with Gasteiger partial charge in [-0.2, -0.15) is 0 Å². The second-order valence-electron chi connectivity index (χ2n) is 2.88. The molecule has 0 aromatic rings. The zero-order valence-electron chi connectivity index (χ0n) is 7.64. The monoisotopic (exact) mass is 174 g/mol. The molecule has 0 aromatic carbocycles. The van der Waals surface area contributed by atoms with Crippen LogP contribution in [0.4, 0.5) is 4.39 Å². The van der Waals surface area contributed by atoms with E-state index in [2.05, 4.69) is 6.08 Å². The number of hydrogen-bond donors (Lipinski definition) is 1. The average molecular weight is 174 g/mol. The first-order valence-corrected chi connectivity index (χ1v) is 4.73. The van der Waals surface area contributed by atoms with Gasteiger partial charge in [0.05, 0.1) is 6.67 Å². The largest absolute Gasteiger partial charge is 0.396 e. The second-order valence-corrected chi connectivity index (χ2v) is 2.88. The molecule has 0 saturated carbocycles. The van der Waals surface area contributed by atoms with Crippen LogP contribution in [0.5, 0.6) is 0 Å². The smallest absolute Gasteiger partial charge is 0.0894 e. The molecule has 0 fully saturated rings. The molecule has 0 unspecified atom stereocenters. The lowest BCUT2D eigenvalue weighted by Gasteiger charge is -1.94. The maximum atomic E-state index is 11.6. The Hall–Kier alpha value is -0.370. The summed E-state index contributed by atoms with van der Waals surface area (Å²) in [6.07, 6.45) is 9.87. The van der Waals surface area contributed by atoms with Crippen LogP contribution in [0.15, 0.2) is 12.2 Å². The summed E-state index contributed by atoms with van der Waals surface area (Å²) in [4.78, 5) is 0. The van der Waals surface area contributed by atoms with Crippen molar-refractivity contribution in [2.45, 2.75) is 38.5 Å². The fraction of sp³-hybridized carbons (Fsp3) is 0.800. The zero-order valence-corrected chi connectivity index (χ0v) is 7.64. The van der Waals surface area contributed by atoms with Crippen molar-refractivity contribution in [3.63, 3.8) is 0 Å². The Morgan fingerprint density at radius 1 is 0.917 bits per heavy atom. The Morgan fingerprint density at radius 2 is 1.58 bits per heavy atom. The van der Waals surface area contributed by atoms with Crippen LogP contribution < -0.4 is 0 Å². The normalized spacial score (nSPS) is 11.2. The van der Waals surface area contributed by atoms with Gasteiger partial charge in [-0.3, -0.25) is 4.39 Å². The van der Waals surface area contributed by atoms with E-state index in [0.717, 1.165) is 32.1 Å². The molecule has 0 saturated heterocycles. The summed E-state index contributed by atoms with van der Waals surface area (Å²) >= 11 is 0. The minimum Gasteiger partial charge on any atom is -0.396 e. The van der Waals surface area contributed by atoms with Gasteiger partial charge in [0, 0.05) is 6.61 Å². The van der Waals surface area contributed by atoms with E-state index in [0.29, 0.717) is 6.42 Å². The minimum atomic E-state index is -0.180. The van der Waals surface area contributed by atoms with Crippen molar-refractivity contribution in [3.8, 4) is 0 Å². The fourth-order valence-corrected chi connectivity index (χ4v) is 1.02. The van der Waals surface area contributed by atoms with Gasteiger partial charge >= 0.3 is 0 Å². The summed E-state index contributed by atoms with van der Waals surface area (Å²) in [6.45, 7) is 0.0543. The van der Waals surface area contributed by atoms with Crippen molar-refractivity contribution in [1.29, 1.82) is 0 Å². The van der Waals surface area contributed by atoms with E-state index in [9.17, 15) is 4.39 Å². The number of allylic oxidation sites excluding steroid dienone is 1. The third-order valence-corrected chi connectivity index (χ3v) is 1.72. The van der Waals surface area contributed by atoms with Crippen molar-refractivity contribution in [2.75, 3.05) is 13.3 Å². The van der Waals surface area contributed by atoms with Crippen LogP contribution in [-0.2, 0) is 0 Å². The second kappa shape index (κ2) is 10.6. The quantitative estimate of drug-likeness (QED) is 0.443. The minimum absolute atomic E-state index is 0.180. The number of alkyl halides is 1. The molecule has 12 heavy (non-hydrogen) atoms. The lowest BCUT2D eigenvalue weighted by atomic mass is 10.1. The third kappa shape index (κ3) is 9.63. The molecule has 0 aliphatic rings. The van der Waals surface area contributed by atoms with E-state index >= 15 is 0 Å². The standard InChI is InChI=1S/C10H19FO/c11-9-7-5-3-1-2-4-6-8-10-12/h4,6,12H,1-3,5,7-10H2. The van der Waals surface area contributed by atoms with Gasteiger partial charge in [0.1, 0.15) is 0 Å². The van der Waals surface area contributed by atoms with E-state index in [1.165, 1.54) is 0 Å². The molecule has 0 aromatic heterocycles. The Morgan fingerprint density at radius 3 is 2.25 bits per heavy atom. The predicted octanol–water partition coefficient (Wildman–Crippen LogP) is 2.85. The highest BCUT2D eigenvalue weighted by Crippen LogP contribution is 2.03. The van der Waals surface area contributed by atoms with Gasteiger partial charge < -0.3 is 5.11 Å². The molecule has 0 rings (SSSR count). The van der Waals surface area contributed by atoms with E-state index < -0.39 is 0 Å². The topological polar surface area (TPSA) is 20.2 Å². The van der Waals surface area contributed by atoms with E-state index in [1.54, 1.807) is 0 Å². The van der Waals surface area contributed by atoms with E-state index in [1.807, 2.05) is 6.08 Å². The molecule has 0 spiro atoms. The molecule has 0 radical (unpaired) electrons. The zero-order chi connectivity index (χ0) is 9.07. The van der Waals surface area contributed by atoms with Gasteiger partial charge in [0.15, 0.2) is 0 Å². The van der Waals surface area contributed by atoms with Crippen molar-refractivity contribution in [2.24, 2.45) is 0 Å². The number of aliphatic hydroxyl groups is 1. The highest BCUT2D eigenvalue weighted by atomic mass is 19.1. The van der Waals surface area contributed by atoms with Gasteiger partial charge in [-0.05, 0) is 25.7 Å². The van der Waals surface area contributed by atoms with Crippen molar-refractivity contribution < 1.29 is 9.50 Å². The maximum Gasteiger partial charge on any atom is 0.0894 e. The van der Waals surface area contributed by atoms with Crippen molar-refractivity contribution in [3.05, 3.63) is 12.2 Å². The predicted molar refractivity (Wildman–Crippen MR) is 49.9 cm³/mol.